The average Bonchev–Trinajstić information content (AvgIpc) is 3.51. The van der Waals surface area contributed by atoms with Crippen LogP contribution in [0.15, 0.2) is 46.9 Å². The summed E-state index contributed by atoms with van der Waals surface area (Å²) in [6.45, 7) is 2.62. The quantitative estimate of drug-likeness (QED) is 0.390. The van der Waals surface area contributed by atoms with Gasteiger partial charge in [0, 0.05) is 17.0 Å². The zero-order valence-corrected chi connectivity index (χ0v) is 21.3. The normalized spacial score (nSPS) is 18.5. The lowest BCUT2D eigenvalue weighted by Crippen LogP contribution is -2.50. The number of nitrogens with zero attached hydrogens (tertiary/aromatic N) is 1. The van der Waals surface area contributed by atoms with Crippen molar-refractivity contribution in [3.05, 3.63) is 63.8 Å². The molecule has 2 aromatic carbocycles. The number of rotatable bonds is 9. The van der Waals surface area contributed by atoms with E-state index in [9.17, 15) is 9.90 Å². The minimum absolute atomic E-state index is 0.0908. The average molecular weight is 555 g/mol. The van der Waals surface area contributed by atoms with Crippen molar-refractivity contribution in [2.24, 2.45) is 0 Å². The minimum Gasteiger partial charge on any atom is -0.484 e. The van der Waals surface area contributed by atoms with Crippen LogP contribution in [0.25, 0.3) is 11.0 Å². The smallest absolute Gasteiger partial charge is 0.380 e. The molecular weight excluding hydrogens is 529 g/mol. The van der Waals surface area contributed by atoms with Crippen molar-refractivity contribution >= 4 is 40.1 Å². The Bertz CT molecular complexity index is 1280. The number of alkyl halides is 2. The van der Waals surface area contributed by atoms with Crippen molar-refractivity contribution < 1.29 is 32.6 Å². The molecule has 2 aliphatic heterocycles. The van der Waals surface area contributed by atoms with Crippen LogP contribution in [0.3, 0.4) is 0 Å². The first kappa shape index (κ1) is 26.2. The fourth-order valence-electron chi connectivity index (χ4n) is 4.50. The number of hydrogen-bond acceptors (Lipinski definition) is 6. The van der Waals surface area contributed by atoms with Gasteiger partial charge in [-0.2, -0.15) is 8.78 Å². The number of aliphatic hydroxyl groups is 1. The Morgan fingerprint density at radius 1 is 1.16 bits per heavy atom. The molecule has 37 heavy (non-hydrogen) atoms. The highest BCUT2D eigenvalue weighted by molar-refractivity contribution is 6.32. The van der Waals surface area contributed by atoms with E-state index < -0.39 is 29.7 Å². The molecule has 3 aromatic rings. The van der Waals surface area contributed by atoms with Gasteiger partial charge in [-0.15, -0.1) is 0 Å². The Hall–Kier alpha value is -2.43. The molecule has 2 aliphatic rings. The summed E-state index contributed by atoms with van der Waals surface area (Å²) < 4.78 is 46.5. The van der Waals surface area contributed by atoms with Gasteiger partial charge in [-0.1, -0.05) is 29.3 Å². The second-order valence-electron chi connectivity index (χ2n) is 9.37. The molecule has 198 valence electrons. The van der Waals surface area contributed by atoms with E-state index in [-0.39, 0.29) is 23.3 Å². The number of furan rings is 1. The maximum absolute atomic E-state index is 15.2. The monoisotopic (exact) mass is 554 g/mol. The third kappa shape index (κ3) is 5.71. The van der Waals surface area contributed by atoms with Crippen molar-refractivity contribution in [2.45, 2.75) is 37.0 Å². The minimum atomic E-state index is -3.98. The topological polar surface area (TPSA) is 84.2 Å². The van der Waals surface area contributed by atoms with Crippen molar-refractivity contribution in [1.29, 1.82) is 0 Å². The lowest BCUT2D eigenvalue weighted by atomic mass is 10.0. The number of nitrogens with one attached hydrogen (secondary N) is 1. The molecule has 2 fully saturated rings. The van der Waals surface area contributed by atoms with E-state index in [1.165, 1.54) is 24.3 Å². The molecule has 2 N–H and O–H groups in total. The number of carbonyl (C=O) groups excluding carboxylic acids is 1. The molecule has 0 bridgehead atoms. The van der Waals surface area contributed by atoms with Crippen LogP contribution in [0.1, 0.15) is 30.3 Å². The molecule has 0 radical (unpaired) electrons. The summed E-state index contributed by atoms with van der Waals surface area (Å²) in [6, 6.07) is 9.26. The predicted octanol–water partition coefficient (Wildman–Crippen LogP) is 4.92. The first-order valence-electron chi connectivity index (χ1n) is 12.0. The lowest BCUT2D eigenvalue weighted by Gasteiger charge is -2.30. The van der Waals surface area contributed by atoms with E-state index in [1.807, 2.05) is 4.90 Å². The molecule has 3 heterocycles. The van der Waals surface area contributed by atoms with E-state index in [0.29, 0.717) is 34.9 Å². The fraction of sp³-hybridized carbons (Fsp3) is 0.423. The summed E-state index contributed by atoms with van der Waals surface area (Å²) in [5.41, 5.74) is 0.555. The summed E-state index contributed by atoms with van der Waals surface area (Å²) >= 11 is 12.3. The second-order valence-corrected chi connectivity index (χ2v) is 10.2. The maximum Gasteiger partial charge on any atom is 0.380 e. The maximum atomic E-state index is 15.2. The van der Waals surface area contributed by atoms with E-state index >= 15 is 8.78 Å². The molecule has 2 atom stereocenters. The van der Waals surface area contributed by atoms with Crippen LogP contribution < -0.4 is 10.1 Å². The van der Waals surface area contributed by atoms with Crippen molar-refractivity contribution in [3.63, 3.8) is 0 Å². The Balaban J connectivity index is 1.36. The highest BCUT2D eigenvalue weighted by Gasteiger charge is 2.46. The number of aliphatic hydroxyl groups excluding tert-OH is 1. The Morgan fingerprint density at radius 3 is 2.59 bits per heavy atom. The van der Waals surface area contributed by atoms with Crippen molar-refractivity contribution in [3.8, 4) is 5.75 Å². The van der Waals surface area contributed by atoms with Crippen LogP contribution in [-0.4, -0.2) is 60.9 Å². The predicted molar refractivity (Wildman–Crippen MR) is 134 cm³/mol. The summed E-state index contributed by atoms with van der Waals surface area (Å²) in [7, 11) is 0. The number of halogens is 4. The first-order chi connectivity index (χ1) is 17.7. The SMILES string of the molecule is O=C(N[C@H](CN1CCCC1)[C@H](O)c1ccc(OC2COC2)c(Cl)c1)C(F)(F)c1cc2cc(Cl)ccc2o1. The van der Waals surface area contributed by atoms with Crippen LogP contribution in [0.4, 0.5) is 8.78 Å². The lowest BCUT2D eigenvalue weighted by molar-refractivity contribution is -0.151. The highest BCUT2D eigenvalue weighted by atomic mass is 35.5. The molecule has 5 rings (SSSR count). The zero-order valence-electron chi connectivity index (χ0n) is 19.8. The molecule has 0 spiro atoms. The van der Waals surface area contributed by atoms with Crippen molar-refractivity contribution in [2.75, 3.05) is 32.8 Å². The highest BCUT2D eigenvalue weighted by Crippen LogP contribution is 2.35. The largest absolute Gasteiger partial charge is 0.484 e. The van der Waals surface area contributed by atoms with Gasteiger partial charge >= 0.3 is 5.92 Å². The molecule has 1 amide bonds. The van der Waals surface area contributed by atoms with Gasteiger partial charge in [0.25, 0.3) is 5.91 Å². The van der Waals surface area contributed by atoms with E-state index in [1.54, 1.807) is 12.1 Å². The van der Waals surface area contributed by atoms with E-state index in [4.69, 9.17) is 37.1 Å². The molecule has 7 nitrogen and oxygen atoms in total. The molecule has 0 saturated carbocycles. The van der Waals surface area contributed by atoms with Crippen LogP contribution in [-0.2, 0) is 15.5 Å². The zero-order chi connectivity index (χ0) is 26.2. The van der Waals surface area contributed by atoms with E-state index in [0.717, 1.165) is 32.0 Å². The second kappa shape index (κ2) is 10.7. The molecular formula is C26H26Cl2F2N2O5. The van der Waals surface area contributed by atoms with Gasteiger partial charge in [-0.3, -0.25) is 4.79 Å². The summed E-state index contributed by atoms with van der Waals surface area (Å²) in [6.07, 6.45) is 0.523. The number of ether oxygens (including phenoxy) is 2. The third-order valence-corrected chi connectivity index (χ3v) is 7.15. The first-order valence-corrected chi connectivity index (χ1v) is 12.8. The summed E-state index contributed by atoms with van der Waals surface area (Å²) in [5, 5.41) is 14.5. The standard InChI is InChI=1S/C26H26Cl2F2N2O5/c27-17-4-6-21-16(9-17)11-23(37-21)26(29,30)25(34)31-20(12-32-7-1-2-8-32)24(33)15-3-5-22(19(28)10-15)36-18-13-35-14-18/h3-6,9-11,18,20,24,33H,1-2,7-8,12-14H2,(H,31,34)/t20-,24-/m1/s1. The van der Waals surface area contributed by atoms with Crippen molar-refractivity contribution in [1.82, 2.24) is 10.2 Å². The van der Waals surface area contributed by atoms with Crippen LogP contribution >= 0.6 is 23.2 Å². The molecule has 0 aliphatic carbocycles. The number of likely N-dealkylation sites (tertiary alicyclic amines) is 1. The Labute approximate surface area is 222 Å². The Morgan fingerprint density at radius 2 is 1.92 bits per heavy atom. The van der Waals surface area contributed by atoms with Gasteiger partial charge < -0.3 is 29.2 Å². The van der Waals surface area contributed by atoms with E-state index in [2.05, 4.69) is 5.32 Å². The number of fused-ring (bicyclic) bond motifs is 1. The Kier molecular flexibility index (Phi) is 7.60. The van der Waals surface area contributed by atoms with Crippen LogP contribution in [0.5, 0.6) is 5.75 Å². The van der Waals surface area contributed by atoms with Gasteiger partial charge in [-0.05, 0) is 67.9 Å². The summed E-state index contributed by atoms with van der Waals surface area (Å²) in [4.78, 5) is 14.9. The van der Waals surface area contributed by atoms with Crippen LogP contribution in [0, 0.1) is 0 Å². The third-order valence-electron chi connectivity index (χ3n) is 6.62. The number of amides is 1. The molecule has 2 saturated heterocycles. The van der Waals surface area contributed by atoms with Gasteiger partial charge in [0.1, 0.15) is 23.5 Å². The number of hydrogen-bond donors (Lipinski definition) is 2. The fourth-order valence-corrected chi connectivity index (χ4v) is 4.91. The van der Waals surface area contributed by atoms with Crippen LogP contribution in [0.2, 0.25) is 10.0 Å². The number of benzene rings is 2. The molecule has 11 heteroatoms. The number of carbonyl (C=O) groups is 1. The van der Waals surface area contributed by atoms with Gasteiger partial charge in [0.15, 0.2) is 5.76 Å². The van der Waals surface area contributed by atoms with Gasteiger partial charge in [-0.25, -0.2) is 0 Å². The summed E-state index contributed by atoms with van der Waals surface area (Å²) in [5.74, 6) is -5.92. The van der Waals surface area contributed by atoms with Gasteiger partial charge in [0.05, 0.1) is 24.3 Å². The molecule has 0 unspecified atom stereocenters. The molecule has 1 aromatic heterocycles. The van der Waals surface area contributed by atoms with Gasteiger partial charge in [0.2, 0.25) is 0 Å².